The van der Waals surface area contributed by atoms with E-state index in [4.69, 9.17) is 10.5 Å². The molecule has 2 N–H and O–H groups in total. The van der Waals surface area contributed by atoms with Crippen molar-refractivity contribution in [3.63, 3.8) is 0 Å². The quantitative estimate of drug-likeness (QED) is 0.772. The molecular formula is C12H16N2O2. The zero-order valence-corrected chi connectivity index (χ0v) is 9.40. The van der Waals surface area contributed by atoms with E-state index < -0.39 is 5.60 Å². The van der Waals surface area contributed by atoms with Crippen LogP contribution in [0.1, 0.15) is 36.5 Å². The molecule has 1 aromatic rings. The maximum atomic E-state index is 12.3. The molecule has 1 atom stereocenters. The molecule has 0 saturated carbocycles. The number of aromatic nitrogens is 1. The van der Waals surface area contributed by atoms with Crippen LogP contribution in [-0.2, 0) is 4.74 Å². The topological polar surface area (TPSA) is 65.2 Å². The standard InChI is InChI=1S/C12H16N2O2/c1-12(6-2-3-8-16-12)10(15)9-5-4-7-14-11(9)13/h4-5,7H,2-3,6,8H2,1H3,(H2,13,14). The molecular weight excluding hydrogens is 204 g/mol. The lowest BCUT2D eigenvalue weighted by atomic mass is 9.88. The number of nitrogens with two attached hydrogens (primary N) is 1. The number of nitrogen functional groups attached to an aromatic ring is 1. The van der Waals surface area contributed by atoms with Gasteiger partial charge in [-0.3, -0.25) is 4.79 Å². The Labute approximate surface area is 94.8 Å². The Hall–Kier alpha value is -1.42. The minimum atomic E-state index is -0.727. The third-order valence-electron chi connectivity index (χ3n) is 3.03. The second-order valence-electron chi connectivity index (χ2n) is 4.30. The molecule has 2 heterocycles. The zero-order chi connectivity index (χ0) is 11.6. The molecule has 0 spiro atoms. The Kier molecular flexibility index (Phi) is 2.92. The minimum absolute atomic E-state index is 0.0576. The zero-order valence-electron chi connectivity index (χ0n) is 9.40. The third-order valence-corrected chi connectivity index (χ3v) is 3.03. The van der Waals surface area contributed by atoms with Gasteiger partial charge < -0.3 is 10.5 Å². The number of rotatable bonds is 2. The molecule has 86 valence electrons. The monoisotopic (exact) mass is 220 g/mol. The van der Waals surface area contributed by atoms with Gasteiger partial charge in [-0.1, -0.05) is 0 Å². The molecule has 1 fully saturated rings. The van der Waals surface area contributed by atoms with E-state index in [1.54, 1.807) is 18.3 Å². The number of Topliss-reactive ketones (excluding diaryl/α,β-unsaturated/α-hetero) is 1. The first kappa shape index (κ1) is 11.1. The highest BCUT2D eigenvalue weighted by Gasteiger charge is 2.37. The molecule has 4 nitrogen and oxygen atoms in total. The van der Waals surface area contributed by atoms with Gasteiger partial charge in [-0.25, -0.2) is 4.98 Å². The maximum Gasteiger partial charge on any atom is 0.198 e. The molecule has 1 aromatic heterocycles. The summed E-state index contributed by atoms with van der Waals surface area (Å²) in [5, 5.41) is 0. The summed E-state index contributed by atoms with van der Waals surface area (Å²) in [6.45, 7) is 2.48. The highest BCUT2D eigenvalue weighted by Crippen LogP contribution is 2.29. The van der Waals surface area contributed by atoms with Gasteiger partial charge in [-0.05, 0) is 38.3 Å². The van der Waals surface area contributed by atoms with Crippen LogP contribution in [0.3, 0.4) is 0 Å². The van der Waals surface area contributed by atoms with Gasteiger partial charge in [0.25, 0.3) is 0 Å². The summed E-state index contributed by atoms with van der Waals surface area (Å²) in [6.07, 6.45) is 4.37. The Balaban J connectivity index is 2.28. The van der Waals surface area contributed by atoms with Gasteiger partial charge in [0.2, 0.25) is 0 Å². The number of hydrogen-bond acceptors (Lipinski definition) is 4. The fourth-order valence-corrected chi connectivity index (χ4v) is 2.01. The number of carbonyl (C=O) groups excluding carboxylic acids is 1. The number of hydrogen-bond donors (Lipinski definition) is 1. The van der Waals surface area contributed by atoms with Crippen molar-refractivity contribution in [3.05, 3.63) is 23.9 Å². The van der Waals surface area contributed by atoms with Crippen molar-refractivity contribution in [2.45, 2.75) is 31.8 Å². The van der Waals surface area contributed by atoms with Gasteiger partial charge >= 0.3 is 0 Å². The lowest BCUT2D eigenvalue weighted by Crippen LogP contribution is -2.41. The molecule has 1 saturated heterocycles. The summed E-state index contributed by atoms with van der Waals surface area (Å²) in [5.74, 6) is 0.223. The fourth-order valence-electron chi connectivity index (χ4n) is 2.01. The predicted octanol–water partition coefficient (Wildman–Crippen LogP) is 1.81. The summed E-state index contributed by atoms with van der Waals surface area (Å²) in [7, 11) is 0. The van der Waals surface area contributed by atoms with Crippen LogP contribution in [0.5, 0.6) is 0 Å². The van der Waals surface area contributed by atoms with Gasteiger partial charge in [-0.15, -0.1) is 0 Å². The molecule has 1 aliphatic heterocycles. The van der Waals surface area contributed by atoms with Crippen LogP contribution in [0, 0.1) is 0 Å². The van der Waals surface area contributed by atoms with Gasteiger partial charge in [0.15, 0.2) is 5.78 Å². The average molecular weight is 220 g/mol. The molecule has 1 unspecified atom stereocenters. The first-order valence-electron chi connectivity index (χ1n) is 5.53. The van der Waals surface area contributed by atoms with E-state index in [9.17, 15) is 4.79 Å². The largest absolute Gasteiger partial charge is 0.383 e. The number of nitrogens with zero attached hydrogens (tertiary/aromatic N) is 1. The van der Waals surface area contributed by atoms with Crippen LogP contribution in [0.4, 0.5) is 5.82 Å². The van der Waals surface area contributed by atoms with Crippen molar-refractivity contribution in [3.8, 4) is 0 Å². The van der Waals surface area contributed by atoms with Crippen molar-refractivity contribution < 1.29 is 9.53 Å². The molecule has 0 aliphatic carbocycles. The molecule has 4 heteroatoms. The highest BCUT2D eigenvalue weighted by molar-refractivity contribution is 6.05. The Morgan fingerprint density at radius 1 is 1.56 bits per heavy atom. The maximum absolute atomic E-state index is 12.3. The third kappa shape index (κ3) is 1.93. The van der Waals surface area contributed by atoms with Crippen molar-refractivity contribution in [1.29, 1.82) is 0 Å². The summed E-state index contributed by atoms with van der Waals surface area (Å²) < 4.78 is 5.60. The first-order chi connectivity index (χ1) is 7.63. The molecule has 0 aromatic carbocycles. The molecule has 2 rings (SSSR count). The van der Waals surface area contributed by atoms with E-state index in [1.165, 1.54) is 0 Å². The molecule has 0 bridgehead atoms. The van der Waals surface area contributed by atoms with Crippen LogP contribution >= 0.6 is 0 Å². The number of ketones is 1. The molecule has 16 heavy (non-hydrogen) atoms. The van der Waals surface area contributed by atoms with Crippen LogP contribution in [0.15, 0.2) is 18.3 Å². The van der Waals surface area contributed by atoms with E-state index in [2.05, 4.69) is 4.98 Å². The summed E-state index contributed by atoms with van der Waals surface area (Å²) in [4.78, 5) is 16.2. The first-order valence-corrected chi connectivity index (χ1v) is 5.53. The highest BCUT2D eigenvalue weighted by atomic mass is 16.5. The molecule has 1 aliphatic rings. The van der Waals surface area contributed by atoms with Crippen molar-refractivity contribution in [1.82, 2.24) is 4.98 Å². The average Bonchev–Trinajstić information content (AvgIpc) is 2.30. The SMILES string of the molecule is CC1(C(=O)c2cccnc2N)CCCCO1. The lowest BCUT2D eigenvalue weighted by molar-refractivity contribution is -0.0425. The van der Waals surface area contributed by atoms with Crippen LogP contribution in [0.25, 0.3) is 0 Å². The number of ether oxygens (including phenoxy) is 1. The second kappa shape index (κ2) is 4.22. The molecule has 0 amide bonds. The Morgan fingerprint density at radius 2 is 2.38 bits per heavy atom. The van der Waals surface area contributed by atoms with E-state index >= 15 is 0 Å². The van der Waals surface area contributed by atoms with Gasteiger partial charge in [-0.2, -0.15) is 0 Å². The number of anilines is 1. The normalized spacial score (nSPS) is 25.3. The van der Waals surface area contributed by atoms with Gasteiger partial charge in [0.05, 0.1) is 5.56 Å². The lowest BCUT2D eigenvalue weighted by Gasteiger charge is -2.32. The van der Waals surface area contributed by atoms with Gasteiger partial charge in [0, 0.05) is 12.8 Å². The van der Waals surface area contributed by atoms with Crippen LogP contribution in [-0.4, -0.2) is 23.0 Å². The Bertz CT molecular complexity index is 398. The summed E-state index contributed by atoms with van der Waals surface area (Å²) in [6, 6.07) is 3.42. The Morgan fingerprint density at radius 3 is 3.00 bits per heavy atom. The van der Waals surface area contributed by atoms with E-state index in [1.807, 2.05) is 6.92 Å². The van der Waals surface area contributed by atoms with E-state index in [-0.39, 0.29) is 11.6 Å². The van der Waals surface area contributed by atoms with E-state index in [0.717, 1.165) is 19.3 Å². The van der Waals surface area contributed by atoms with Crippen molar-refractivity contribution >= 4 is 11.6 Å². The van der Waals surface area contributed by atoms with Crippen LogP contribution in [0.2, 0.25) is 0 Å². The second-order valence-corrected chi connectivity index (χ2v) is 4.30. The number of carbonyl (C=O) groups is 1. The summed E-state index contributed by atoms with van der Waals surface area (Å²) in [5.41, 5.74) is 5.44. The summed E-state index contributed by atoms with van der Waals surface area (Å²) >= 11 is 0. The van der Waals surface area contributed by atoms with Crippen molar-refractivity contribution in [2.24, 2.45) is 0 Å². The van der Waals surface area contributed by atoms with Crippen molar-refractivity contribution in [2.75, 3.05) is 12.3 Å². The van der Waals surface area contributed by atoms with Crippen LogP contribution < -0.4 is 5.73 Å². The van der Waals surface area contributed by atoms with Gasteiger partial charge in [0.1, 0.15) is 11.4 Å². The fraction of sp³-hybridized carbons (Fsp3) is 0.500. The minimum Gasteiger partial charge on any atom is -0.383 e. The smallest absolute Gasteiger partial charge is 0.198 e. The predicted molar refractivity (Wildman–Crippen MR) is 61.2 cm³/mol. The van der Waals surface area contributed by atoms with E-state index in [0.29, 0.717) is 12.2 Å². The number of pyridine rings is 1. The molecule has 0 radical (unpaired) electrons.